The molecule has 1 amide bonds. The maximum atomic E-state index is 13.0. The summed E-state index contributed by atoms with van der Waals surface area (Å²) in [5.74, 6) is -0.962. The fourth-order valence-corrected chi connectivity index (χ4v) is 1.38. The molecule has 0 aliphatic rings. The van der Waals surface area contributed by atoms with Gasteiger partial charge >= 0.3 is 0 Å². The molecule has 15 heavy (non-hydrogen) atoms. The SMILES string of the molecule is CNC(=O)C(C)(C)c1cc(O)cc(F)c1. The molecule has 1 aromatic rings. The van der Waals surface area contributed by atoms with Crippen LogP contribution >= 0.6 is 0 Å². The van der Waals surface area contributed by atoms with Gasteiger partial charge in [0.25, 0.3) is 0 Å². The van der Waals surface area contributed by atoms with Gasteiger partial charge in [0.2, 0.25) is 5.91 Å². The second-order valence-electron chi connectivity index (χ2n) is 3.90. The molecule has 0 aromatic heterocycles. The molecule has 3 nitrogen and oxygen atoms in total. The van der Waals surface area contributed by atoms with E-state index < -0.39 is 11.2 Å². The van der Waals surface area contributed by atoms with Gasteiger partial charge in [-0.25, -0.2) is 4.39 Å². The van der Waals surface area contributed by atoms with Crippen LogP contribution in [-0.2, 0) is 10.2 Å². The minimum atomic E-state index is -0.867. The van der Waals surface area contributed by atoms with Crippen LogP contribution in [0.4, 0.5) is 4.39 Å². The standard InChI is InChI=1S/C11H14FNO2/c1-11(2,10(15)13-3)7-4-8(12)6-9(14)5-7/h4-6,14H,1-3H3,(H,13,15). The first-order chi connectivity index (χ1) is 6.87. The lowest BCUT2D eigenvalue weighted by Crippen LogP contribution is -2.38. The fourth-order valence-electron chi connectivity index (χ4n) is 1.38. The van der Waals surface area contributed by atoms with Crippen LogP contribution in [0.3, 0.4) is 0 Å². The van der Waals surface area contributed by atoms with Gasteiger partial charge in [-0.15, -0.1) is 0 Å². The number of carbonyl (C=O) groups excluding carboxylic acids is 1. The molecule has 0 aliphatic carbocycles. The largest absolute Gasteiger partial charge is 0.508 e. The Kier molecular flexibility index (Phi) is 2.98. The van der Waals surface area contributed by atoms with E-state index in [2.05, 4.69) is 5.32 Å². The molecule has 1 aromatic carbocycles. The summed E-state index contributed by atoms with van der Waals surface area (Å²) in [6, 6.07) is 3.64. The highest BCUT2D eigenvalue weighted by Gasteiger charge is 2.29. The van der Waals surface area contributed by atoms with E-state index in [1.807, 2.05) is 0 Å². The molecule has 82 valence electrons. The predicted octanol–water partition coefficient (Wildman–Crippen LogP) is 1.55. The van der Waals surface area contributed by atoms with Gasteiger partial charge in [0, 0.05) is 13.1 Å². The van der Waals surface area contributed by atoms with Crippen LogP contribution in [0.2, 0.25) is 0 Å². The molecule has 0 saturated carbocycles. The number of aromatic hydroxyl groups is 1. The van der Waals surface area contributed by atoms with Gasteiger partial charge in [0.1, 0.15) is 11.6 Å². The number of phenolic OH excluding ortho intramolecular Hbond substituents is 1. The Morgan fingerprint density at radius 3 is 2.47 bits per heavy atom. The normalized spacial score (nSPS) is 11.2. The number of phenols is 1. The van der Waals surface area contributed by atoms with Crippen molar-refractivity contribution in [1.29, 1.82) is 0 Å². The van der Waals surface area contributed by atoms with Gasteiger partial charge in [-0.05, 0) is 31.5 Å². The number of hydrogen-bond acceptors (Lipinski definition) is 2. The van der Waals surface area contributed by atoms with Crippen LogP contribution in [0.25, 0.3) is 0 Å². The van der Waals surface area contributed by atoms with E-state index in [4.69, 9.17) is 0 Å². The number of hydrogen-bond donors (Lipinski definition) is 2. The lowest BCUT2D eigenvalue weighted by Gasteiger charge is -2.23. The Labute approximate surface area is 87.9 Å². The predicted molar refractivity (Wildman–Crippen MR) is 55.2 cm³/mol. The maximum Gasteiger partial charge on any atom is 0.229 e. The number of rotatable bonds is 2. The molecule has 0 radical (unpaired) electrons. The van der Waals surface area contributed by atoms with Crippen LogP contribution < -0.4 is 5.32 Å². The highest BCUT2D eigenvalue weighted by Crippen LogP contribution is 2.27. The third kappa shape index (κ3) is 2.26. The van der Waals surface area contributed by atoms with Gasteiger partial charge in [-0.2, -0.15) is 0 Å². The second kappa shape index (κ2) is 3.88. The average Bonchev–Trinajstić information content (AvgIpc) is 2.15. The molecule has 1 rings (SSSR count). The summed E-state index contributed by atoms with van der Waals surface area (Å²) >= 11 is 0. The summed E-state index contributed by atoms with van der Waals surface area (Å²) < 4.78 is 13.0. The first-order valence-electron chi connectivity index (χ1n) is 4.60. The molecule has 0 aliphatic heterocycles. The smallest absolute Gasteiger partial charge is 0.229 e. The van der Waals surface area contributed by atoms with E-state index >= 15 is 0 Å². The van der Waals surface area contributed by atoms with Crippen LogP contribution in [0.15, 0.2) is 18.2 Å². The average molecular weight is 211 g/mol. The summed E-state index contributed by atoms with van der Waals surface area (Å²) in [6.45, 7) is 3.33. The number of benzene rings is 1. The van der Waals surface area contributed by atoms with Crippen molar-refractivity contribution in [2.24, 2.45) is 0 Å². The van der Waals surface area contributed by atoms with E-state index in [0.717, 1.165) is 6.07 Å². The van der Waals surface area contributed by atoms with Gasteiger partial charge in [0.15, 0.2) is 0 Å². The lowest BCUT2D eigenvalue weighted by molar-refractivity contribution is -0.125. The number of likely N-dealkylation sites (N-methyl/N-ethyl adjacent to an activating group) is 1. The zero-order valence-corrected chi connectivity index (χ0v) is 8.97. The number of nitrogens with one attached hydrogen (secondary N) is 1. The molecule has 0 heterocycles. The first kappa shape index (κ1) is 11.5. The lowest BCUT2D eigenvalue weighted by atomic mass is 9.83. The molecule has 0 unspecified atom stereocenters. The molecule has 0 saturated heterocycles. The Morgan fingerprint density at radius 1 is 1.40 bits per heavy atom. The Bertz CT molecular complexity index is 368. The quantitative estimate of drug-likeness (QED) is 0.779. The Balaban J connectivity index is 3.20. The van der Waals surface area contributed by atoms with E-state index in [-0.39, 0.29) is 11.7 Å². The van der Waals surface area contributed by atoms with Crippen molar-refractivity contribution in [3.05, 3.63) is 29.6 Å². The molecule has 2 N–H and O–H groups in total. The van der Waals surface area contributed by atoms with Crippen molar-refractivity contribution in [2.45, 2.75) is 19.3 Å². The van der Waals surface area contributed by atoms with E-state index in [1.165, 1.54) is 19.2 Å². The zero-order valence-electron chi connectivity index (χ0n) is 8.97. The van der Waals surface area contributed by atoms with Crippen molar-refractivity contribution in [3.8, 4) is 5.75 Å². The number of halogens is 1. The van der Waals surface area contributed by atoms with Gasteiger partial charge in [0.05, 0.1) is 5.41 Å². The van der Waals surface area contributed by atoms with Crippen molar-refractivity contribution >= 4 is 5.91 Å². The van der Waals surface area contributed by atoms with Crippen molar-refractivity contribution in [2.75, 3.05) is 7.05 Å². The molecule has 0 atom stereocenters. The summed E-state index contributed by atoms with van der Waals surface area (Å²) in [4.78, 5) is 11.5. The van der Waals surface area contributed by atoms with Gasteiger partial charge < -0.3 is 10.4 Å². The summed E-state index contributed by atoms with van der Waals surface area (Å²) in [5, 5.41) is 11.7. The van der Waals surface area contributed by atoms with Crippen molar-refractivity contribution in [1.82, 2.24) is 5.32 Å². The molecule has 0 fully saturated rings. The number of amides is 1. The molecular weight excluding hydrogens is 197 g/mol. The van der Waals surface area contributed by atoms with Gasteiger partial charge in [-0.3, -0.25) is 4.79 Å². The summed E-state index contributed by atoms with van der Waals surface area (Å²) in [5.41, 5.74) is -0.423. The minimum absolute atomic E-state index is 0.179. The molecule has 0 spiro atoms. The van der Waals surface area contributed by atoms with E-state index in [1.54, 1.807) is 13.8 Å². The molecule has 0 bridgehead atoms. The van der Waals surface area contributed by atoms with Crippen LogP contribution in [0, 0.1) is 5.82 Å². The number of carbonyl (C=O) groups is 1. The third-order valence-corrected chi connectivity index (χ3v) is 2.40. The minimum Gasteiger partial charge on any atom is -0.508 e. The highest BCUT2D eigenvalue weighted by atomic mass is 19.1. The molecule has 4 heteroatoms. The van der Waals surface area contributed by atoms with E-state index in [0.29, 0.717) is 5.56 Å². The topological polar surface area (TPSA) is 49.3 Å². The van der Waals surface area contributed by atoms with Gasteiger partial charge in [-0.1, -0.05) is 0 Å². The highest BCUT2D eigenvalue weighted by molar-refractivity contribution is 5.87. The molecular formula is C11H14FNO2. The zero-order chi connectivity index (χ0) is 11.6. The van der Waals surface area contributed by atoms with Crippen LogP contribution in [0.1, 0.15) is 19.4 Å². The Morgan fingerprint density at radius 2 is 2.00 bits per heavy atom. The van der Waals surface area contributed by atoms with E-state index in [9.17, 15) is 14.3 Å². The third-order valence-electron chi connectivity index (χ3n) is 2.40. The Hall–Kier alpha value is -1.58. The fraction of sp³-hybridized carbons (Fsp3) is 0.364. The summed E-state index contributed by atoms with van der Waals surface area (Å²) in [7, 11) is 1.52. The maximum absolute atomic E-state index is 13.0. The van der Waals surface area contributed by atoms with Crippen molar-refractivity contribution in [3.63, 3.8) is 0 Å². The summed E-state index contributed by atoms with van der Waals surface area (Å²) in [6.07, 6.45) is 0. The first-order valence-corrected chi connectivity index (χ1v) is 4.60. The van der Waals surface area contributed by atoms with Crippen LogP contribution in [0.5, 0.6) is 5.75 Å². The monoisotopic (exact) mass is 211 g/mol. The second-order valence-corrected chi connectivity index (χ2v) is 3.90. The van der Waals surface area contributed by atoms with Crippen molar-refractivity contribution < 1.29 is 14.3 Å². The van der Waals surface area contributed by atoms with Crippen LogP contribution in [-0.4, -0.2) is 18.1 Å².